The van der Waals surface area contributed by atoms with E-state index in [9.17, 15) is 14.4 Å². The van der Waals surface area contributed by atoms with Gasteiger partial charge in [0.05, 0.1) is 0 Å². The largest absolute Gasteiger partial charge is 0.478 e. The number of amides is 1. The summed E-state index contributed by atoms with van der Waals surface area (Å²) in [6.45, 7) is -0.641. The summed E-state index contributed by atoms with van der Waals surface area (Å²) in [4.78, 5) is 30.4. The number of hydrogen-bond acceptors (Lipinski definition) is 5. The van der Waals surface area contributed by atoms with E-state index in [0.717, 1.165) is 0 Å². The molecule has 1 amide bonds. The minimum absolute atomic E-state index is 0.590. The third-order valence-corrected chi connectivity index (χ3v) is 0.764. The van der Waals surface area contributed by atoms with Crippen molar-refractivity contribution in [2.24, 2.45) is 5.73 Å². The van der Waals surface area contributed by atoms with Crippen LogP contribution in [-0.4, -0.2) is 29.9 Å². The number of carboxylic acid groups (broad SMARTS) is 1. The lowest BCUT2D eigenvalue weighted by Crippen LogP contribution is -2.16. The Kier molecular flexibility index (Phi) is 4.70. The molecule has 0 saturated carbocycles. The summed E-state index contributed by atoms with van der Waals surface area (Å²) in [5.74, 6) is -2.23. The van der Waals surface area contributed by atoms with Crippen molar-refractivity contribution in [3.8, 4) is 0 Å². The van der Waals surface area contributed by atoms with Crippen LogP contribution in [0.1, 0.15) is 0 Å². The topological polar surface area (TPSA) is 116 Å². The van der Waals surface area contributed by atoms with E-state index in [2.05, 4.69) is 15.2 Å². The minimum atomic E-state index is -1.28. The molecule has 13 heavy (non-hydrogen) atoms. The van der Waals surface area contributed by atoms with E-state index in [0.29, 0.717) is 12.2 Å². The van der Waals surface area contributed by atoms with Gasteiger partial charge in [-0.3, -0.25) is 0 Å². The zero-order valence-corrected chi connectivity index (χ0v) is 6.43. The Morgan fingerprint density at radius 1 is 1.23 bits per heavy atom. The fourth-order valence-corrected chi connectivity index (χ4v) is 0.333. The van der Waals surface area contributed by atoms with Gasteiger partial charge < -0.3 is 20.3 Å². The molecule has 7 nitrogen and oxygen atoms in total. The highest BCUT2D eigenvalue weighted by Gasteiger charge is 1.99. The van der Waals surface area contributed by atoms with Crippen LogP contribution >= 0.6 is 0 Å². The van der Waals surface area contributed by atoms with Crippen molar-refractivity contribution in [1.29, 1.82) is 0 Å². The lowest BCUT2D eigenvalue weighted by Gasteiger charge is -1.99. The summed E-state index contributed by atoms with van der Waals surface area (Å²) < 4.78 is 8.22. The highest BCUT2D eigenvalue weighted by Crippen LogP contribution is 1.83. The van der Waals surface area contributed by atoms with E-state index in [1.54, 1.807) is 0 Å². The van der Waals surface area contributed by atoms with Crippen molar-refractivity contribution in [1.82, 2.24) is 0 Å². The first kappa shape index (κ1) is 11.0. The van der Waals surface area contributed by atoms with Gasteiger partial charge in [-0.1, -0.05) is 0 Å². The summed E-state index contributed by atoms with van der Waals surface area (Å²) in [5.41, 5.74) is 4.54. The molecule has 0 aromatic heterocycles. The third-order valence-electron chi connectivity index (χ3n) is 0.764. The van der Waals surface area contributed by atoms with Crippen LogP contribution in [0.15, 0.2) is 12.2 Å². The first-order chi connectivity index (χ1) is 6.02. The molecular weight excluding hydrogens is 182 g/mol. The van der Waals surface area contributed by atoms with Crippen LogP contribution in [0.4, 0.5) is 4.79 Å². The van der Waals surface area contributed by atoms with Gasteiger partial charge in [0.1, 0.15) is 0 Å². The zero-order chi connectivity index (χ0) is 10.3. The quantitative estimate of drug-likeness (QED) is 0.340. The van der Waals surface area contributed by atoms with E-state index in [-0.39, 0.29) is 0 Å². The van der Waals surface area contributed by atoms with Gasteiger partial charge in [0.15, 0.2) is 0 Å². The highest BCUT2D eigenvalue weighted by molar-refractivity contribution is 5.90. The molecule has 0 heterocycles. The van der Waals surface area contributed by atoms with Crippen LogP contribution in [0.2, 0.25) is 0 Å². The number of aliphatic carboxylic acids is 1. The van der Waals surface area contributed by atoms with E-state index < -0.39 is 24.8 Å². The maximum atomic E-state index is 10.5. The molecule has 0 atom stereocenters. The Morgan fingerprint density at radius 2 is 1.85 bits per heavy atom. The second-order valence-corrected chi connectivity index (χ2v) is 1.72. The summed E-state index contributed by atoms with van der Waals surface area (Å²) in [6.07, 6.45) is 0.175. The SMILES string of the molecule is NC(=O)OCOC(=O)/C=C/C(=O)O. The minimum Gasteiger partial charge on any atom is -0.478 e. The standard InChI is InChI=1S/C6H7NO6/c7-6(11)13-3-12-5(10)2-1-4(8)9/h1-2H,3H2,(H2,7,11)(H,8,9)/b2-1+. The summed E-state index contributed by atoms with van der Waals surface area (Å²) in [5, 5.41) is 8.08. The Morgan fingerprint density at radius 3 is 2.31 bits per heavy atom. The van der Waals surface area contributed by atoms with E-state index >= 15 is 0 Å². The number of esters is 1. The molecule has 0 saturated heterocycles. The Labute approximate surface area is 72.7 Å². The summed E-state index contributed by atoms with van der Waals surface area (Å²) in [6, 6.07) is 0. The van der Waals surface area contributed by atoms with Crippen LogP contribution < -0.4 is 5.73 Å². The first-order valence-electron chi connectivity index (χ1n) is 3.02. The molecular formula is C6H7NO6. The van der Waals surface area contributed by atoms with E-state index in [1.165, 1.54) is 0 Å². The second kappa shape index (κ2) is 5.58. The van der Waals surface area contributed by atoms with Crippen molar-refractivity contribution in [2.75, 3.05) is 6.79 Å². The van der Waals surface area contributed by atoms with Crippen molar-refractivity contribution in [2.45, 2.75) is 0 Å². The molecule has 0 radical (unpaired) electrons. The lowest BCUT2D eigenvalue weighted by molar-refractivity contribution is -0.146. The number of rotatable bonds is 4. The molecule has 72 valence electrons. The van der Waals surface area contributed by atoms with Crippen molar-refractivity contribution < 1.29 is 29.0 Å². The van der Waals surface area contributed by atoms with Gasteiger partial charge in [0.2, 0.25) is 6.79 Å². The predicted octanol–water partition coefficient (Wildman–Crippen LogP) is -0.777. The molecule has 0 aromatic rings. The average Bonchev–Trinajstić information content (AvgIpc) is 2.00. The average molecular weight is 189 g/mol. The molecule has 0 spiro atoms. The molecule has 7 heteroatoms. The molecule has 3 N–H and O–H groups in total. The number of carboxylic acids is 1. The van der Waals surface area contributed by atoms with Crippen LogP contribution in [0, 0.1) is 0 Å². The van der Waals surface area contributed by atoms with Gasteiger partial charge >= 0.3 is 18.0 Å². The lowest BCUT2D eigenvalue weighted by atomic mass is 10.5. The normalized spacial score (nSPS) is 9.54. The first-order valence-corrected chi connectivity index (χ1v) is 3.02. The van der Waals surface area contributed by atoms with Gasteiger partial charge in [-0.2, -0.15) is 0 Å². The van der Waals surface area contributed by atoms with Crippen LogP contribution in [0.25, 0.3) is 0 Å². The molecule has 0 aliphatic rings. The smallest absolute Gasteiger partial charge is 0.407 e. The van der Waals surface area contributed by atoms with Crippen molar-refractivity contribution in [3.63, 3.8) is 0 Å². The van der Waals surface area contributed by atoms with Gasteiger partial charge in [0.25, 0.3) is 0 Å². The molecule has 0 unspecified atom stereocenters. The highest BCUT2D eigenvalue weighted by atomic mass is 16.7. The van der Waals surface area contributed by atoms with Gasteiger partial charge in [0, 0.05) is 12.2 Å². The third kappa shape index (κ3) is 7.85. The fraction of sp³-hybridized carbons (Fsp3) is 0.167. The second-order valence-electron chi connectivity index (χ2n) is 1.72. The zero-order valence-electron chi connectivity index (χ0n) is 6.43. The molecule has 0 bridgehead atoms. The maximum Gasteiger partial charge on any atom is 0.407 e. The molecule has 0 fully saturated rings. The molecule has 0 aromatic carbocycles. The predicted molar refractivity (Wildman–Crippen MR) is 38.4 cm³/mol. The molecule has 0 rings (SSSR count). The number of primary amides is 1. The van der Waals surface area contributed by atoms with Crippen LogP contribution in [0.5, 0.6) is 0 Å². The number of nitrogens with two attached hydrogens (primary N) is 1. The summed E-state index contributed by atoms with van der Waals surface area (Å²) in [7, 11) is 0. The number of carbonyl (C=O) groups excluding carboxylic acids is 2. The van der Waals surface area contributed by atoms with E-state index in [1.807, 2.05) is 0 Å². The monoisotopic (exact) mass is 189 g/mol. The van der Waals surface area contributed by atoms with Crippen molar-refractivity contribution in [3.05, 3.63) is 12.2 Å². The number of hydrogen-bond donors (Lipinski definition) is 2. The van der Waals surface area contributed by atoms with Gasteiger partial charge in [-0.25, -0.2) is 14.4 Å². The Balaban J connectivity index is 3.64. The van der Waals surface area contributed by atoms with E-state index in [4.69, 9.17) is 5.11 Å². The number of carbonyl (C=O) groups is 3. The molecule has 0 aliphatic heterocycles. The maximum absolute atomic E-state index is 10.5. The van der Waals surface area contributed by atoms with Gasteiger partial charge in [-0.05, 0) is 0 Å². The number of ether oxygens (including phenoxy) is 2. The van der Waals surface area contributed by atoms with Crippen molar-refractivity contribution >= 4 is 18.0 Å². The molecule has 0 aliphatic carbocycles. The Bertz CT molecular complexity index is 246. The van der Waals surface area contributed by atoms with Crippen LogP contribution in [-0.2, 0) is 19.1 Å². The van der Waals surface area contributed by atoms with Crippen LogP contribution in [0.3, 0.4) is 0 Å². The summed E-state index contributed by atoms with van der Waals surface area (Å²) >= 11 is 0. The van der Waals surface area contributed by atoms with Gasteiger partial charge in [-0.15, -0.1) is 0 Å². The Hall–Kier alpha value is -2.05. The fourth-order valence-electron chi connectivity index (χ4n) is 0.333.